The van der Waals surface area contributed by atoms with Gasteiger partial charge in [0.05, 0.1) is 12.7 Å². The van der Waals surface area contributed by atoms with Crippen molar-refractivity contribution >= 4 is 0 Å². The lowest BCUT2D eigenvalue weighted by atomic mass is 9.96. The minimum absolute atomic E-state index is 0.315. The third kappa shape index (κ3) is 1.49. The Morgan fingerprint density at radius 3 is 2.85 bits per heavy atom. The maximum Gasteiger partial charge on any atom is 0.0855 e. The first kappa shape index (κ1) is 8.76. The number of benzene rings is 1. The molecule has 1 atom stereocenters. The molecule has 1 heteroatoms. The van der Waals surface area contributed by atoms with Gasteiger partial charge in [-0.3, -0.25) is 0 Å². The topological polar surface area (TPSA) is 9.23 Å². The highest BCUT2D eigenvalue weighted by Gasteiger charge is 2.25. The fourth-order valence-corrected chi connectivity index (χ4v) is 1.96. The molecule has 0 aliphatic carbocycles. The third-order valence-corrected chi connectivity index (χ3v) is 2.63. The highest BCUT2D eigenvalue weighted by atomic mass is 16.5. The zero-order chi connectivity index (χ0) is 9.42. The summed E-state index contributed by atoms with van der Waals surface area (Å²) >= 11 is 0. The van der Waals surface area contributed by atoms with Crippen molar-refractivity contribution in [3.8, 4) is 0 Å². The van der Waals surface area contributed by atoms with Gasteiger partial charge in [-0.1, -0.05) is 37.6 Å². The summed E-state index contributed by atoms with van der Waals surface area (Å²) in [7, 11) is 0. The third-order valence-electron chi connectivity index (χ3n) is 2.63. The molecule has 0 saturated heterocycles. The maximum absolute atomic E-state index is 5.74. The van der Waals surface area contributed by atoms with Crippen LogP contribution < -0.4 is 0 Å². The van der Waals surface area contributed by atoms with E-state index in [2.05, 4.69) is 39.0 Å². The van der Waals surface area contributed by atoms with Crippen molar-refractivity contribution in [3.05, 3.63) is 34.9 Å². The summed E-state index contributed by atoms with van der Waals surface area (Å²) in [4.78, 5) is 0. The Kier molecular flexibility index (Phi) is 2.12. The number of aryl methyl sites for hydroxylation is 1. The minimum atomic E-state index is 0.315. The summed E-state index contributed by atoms with van der Waals surface area (Å²) in [5, 5.41) is 0. The van der Waals surface area contributed by atoms with Crippen LogP contribution in [0, 0.1) is 12.8 Å². The Morgan fingerprint density at radius 1 is 1.38 bits per heavy atom. The summed E-state index contributed by atoms with van der Waals surface area (Å²) < 4.78 is 5.74. The summed E-state index contributed by atoms with van der Waals surface area (Å²) in [6.45, 7) is 7.34. The molecule has 0 radical (unpaired) electrons. The second-order valence-electron chi connectivity index (χ2n) is 4.18. The van der Waals surface area contributed by atoms with Gasteiger partial charge in [0.25, 0.3) is 0 Å². The first-order valence-corrected chi connectivity index (χ1v) is 4.89. The first-order chi connectivity index (χ1) is 6.18. The lowest BCUT2D eigenvalue weighted by Crippen LogP contribution is -2.04. The molecule has 70 valence electrons. The lowest BCUT2D eigenvalue weighted by Gasteiger charge is -2.14. The molecule has 1 unspecified atom stereocenters. The van der Waals surface area contributed by atoms with E-state index in [1.54, 1.807) is 0 Å². The van der Waals surface area contributed by atoms with Crippen LogP contribution in [-0.4, -0.2) is 0 Å². The smallest absolute Gasteiger partial charge is 0.0855 e. The van der Waals surface area contributed by atoms with Crippen LogP contribution in [-0.2, 0) is 11.3 Å². The van der Waals surface area contributed by atoms with Crippen LogP contribution in [0.15, 0.2) is 18.2 Å². The number of fused-ring (bicyclic) bond motifs is 1. The van der Waals surface area contributed by atoms with E-state index < -0.39 is 0 Å². The van der Waals surface area contributed by atoms with Crippen molar-refractivity contribution in [1.82, 2.24) is 0 Å². The zero-order valence-corrected chi connectivity index (χ0v) is 8.50. The molecular formula is C12H16O. The molecule has 1 aliphatic rings. The van der Waals surface area contributed by atoms with Crippen LogP contribution in [0.25, 0.3) is 0 Å². The predicted octanol–water partition coefficient (Wildman–Crippen LogP) is 3.22. The van der Waals surface area contributed by atoms with Crippen molar-refractivity contribution in [2.24, 2.45) is 5.92 Å². The van der Waals surface area contributed by atoms with E-state index in [-0.39, 0.29) is 0 Å². The van der Waals surface area contributed by atoms with E-state index >= 15 is 0 Å². The highest BCUT2D eigenvalue weighted by molar-refractivity contribution is 5.35. The van der Waals surface area contributed by atoms with Gasteiger partial charge in [-0.25, -0.2) is 0 Å². The van der Waals surface area contributed by atoms with Crippen LogP contribution >= 0.6 is 0 Å². The molecule has 0 saturated carbocycles. The quantitative estimate of drug-likeness (QED) is 0.638. The fraction of sp³-hybridized carbons (Fsp3) is 0.500. The van der Waals surface area contributed by atoms with Crippen LogP contribution in [0.2, 0.25) is 0 Å². The van der Waals surface area contributed by atoms with Crippen LogP contribution in [0.3, 0.4) is 0 Å². The van der Waals surface area contributed by atoms with Gasteiger partial charge in [0.1, 0.15) is 0 Å². The minimum Gasteiger partial charge on any atom is -0.369 e. The average Bonchev–Trinajstić information content (AvgIpc) is 2.46. The second kappa shape index (κ2) is 3.15. The Morgan fingerprint density at radius 2 is 2.15 bits per heavy atom. The van der Waals surface area contributed by atoms with E-state index in [1.165, 1.54) is 16.7 Å². The fourth-order valence-electron chi connectivity index (χ4n) is 1.96. The normalized spacial score (nSPS) is 20.8. The SMILES string of the molecule is Cc1ccc2c(c1)COC2C(C)C. The van der Waals surface area contributed by atoms with E-state index in [9.17, 15) is 0 Å². The van der Waals surface area contributed by atoms with Crippen LogP contribution in [0.5, 0.6) is 0 Å². The monoisotopic (exact) mass is 176 g/mol. The van der Waals surface area contributed by atoms with E-state index in [0.29, 0.717) is 12.0 Å². The predicted molar refractivity (Wildman–Crippen MR) is 53.5 cm³/mol. The largest absolute Gasteiger partial charge is 0.369 e. The van der Waals surface area contributed by atoms with Gasteiger partial charge in [-0.15, -0.1) is 0 Å². The molecule has 1 aliphatic heterocycles. The van der Waals surface area contributed by atoms with E-state index in [4.69, 9.17) is 4.74 Å². The molecule has 0 amide bonds. The molecular weight excluding hydrogens is 160 g/mol. The van der Waals surface area contributed by atoms with Crippen molar-refractivity contribution in [3.63, 3.8) is 0 Å². The average molecular weight is 176 g/mol. The summed E-state index contributed by atoms with van der Waals surface area (Å²) in [5.74, 6) is 0.573. The van der Waals surface area contributed by atoms with Crippen molar-refractivity contribution in [1.29, 1.82) is 0 Å². The van der Waals surface area contributed by atoms with E-state index in [1.807, 2.05) is 0 Å². The highest BCUT2D eigenvalue weighted by Crippen LogP contribution is 2.35. The Balaban J connectivity index is 2.38. The standard InChI is InChI=1S/C12H16O/c1-8(2)12-11-5-4-9(3)6-10(11)7-13-12/h4-6,8,12H,7H2,1-3H3. The summed E-state index contributed by atoms with van der Waals surface area (Å²) in [6.07, 6.45) is 0.315. The number of hydrogen-bond acceptors (Lipinski definition) is 1. The second-order valence-corrected chi connectivity index (χ2v) is 4.18. The van der Waals surface area contributed by atoms with Crippen molar-refractivity contribution < 1.29 is 4.74 Å². The molecule has 0 fully saturated rings. The van der Waals surface area contributed by atoms with E-state index in [0.717, 1.165) is 6.61 Å². The molecule has 0 bridgehead atoms. The molecule has 2 rings (SSSR count). The van der Waals surface area contributed by atoms with Crippen molar-refractivity contribution in [2.45, 2.75) is 33.5 Å². The summed E-state index contributed by atoms with van der Waals surface area (Å²) in [6, 6.07) is 6.61. The Labute approximate surface area is 79.7 Å². The molecule has 1 aromatic carbocycles. The molecule has 1 aromatic rings. The molecule has 0 aromatic heterocycles. The first-order valence-electron chi connectivity index (χ1n) is 4.89. The molecule has 1 nitrogen and oxygen atoms in total. The van der Waals surface area contributed by atoms with Gasteiger partial charge in [0.2, 0.25) is 0 Å². The van der Waals surface area contributed by atoms with Crippen molar-refractivity contribution in [2.75, 3.05) is 0 Å². The Hall–Kier alpha value is -0.820. The molecule has 0 spiro atoms. The van der Waals surface area contributed by atoms with Gasteiger partial charge < -0.3 is 4.74 Å². The molecule has 13 heavy (non-hydrogen) atoms. The Bertz CT molecular complexity index is 315. The zero-order valence-electron chi connectivity index (χ0n) is 8.50. The number of rotatable bonds is 1. The molecule has 0 N–H and O–H groups in total. The molecule has 1 heterocycles. The maximum atomic E-state index is 5.74. The summed E-state index contributed by atoms with van der Waals surface area (Å²) in [5.41, 5.74) is 4.09. The van der Waals surface area contributed by atoms with Crippen LogP contribution in [0.4, 0.5) is 0 Å². The number of ether oxygens (including phenoxy) is 1. The number of hydrogen-bond donors (Lipinski definition) is 0. The van der Waals surface area contributed by atoms with Gasteiger partial charge in [-0.05, 0) is 24.0 Å². The van der Waals surface area contributed by atoms with Gasteiger partial charge in [0, 0.05) is 0 Å². The van der Waals surface area contributed by atoms with Gasteiger partial charge in [0.15, 0.2) is 0 Å². The lowest BCUT2D eigenvalue weighted by molar-refractivity contribution is 0.0341. The van der Waals surface area contributed by atoms with Crippen LogP contribution in [0.1, 0.15) is 36.6 Å². The van der Waals surface area contributed by atoms with Gasteiger partial charge >= 0.3 is 0 Å². The van der Waals surface area contributed by atoms with Gasteiger partial charge in [-0.2, -0.15) is 0 Å².